The molecule has 1 nitrogen and oxygen atoms in total. The zero-order chi connectivity index (χ0) is 12.8. The molecule has 0 atom stereocenters. The molecule has 0 heterocycles. The third-order valence-corrected chi connectivity index (χ3v) is 4.38. The van der Waals surface area contributed by atoms with Crippen LogP contribution in [0.4, 0.5) is 5.69 Å². The van der Waals surface area contributed by atoms with Crippen molar-refractivity contribution in [1.29, 1.82) is 0 Å². The van der Waals surface area contributed by atoms with E-state index in [9.17, 15) is 0 Å². The summed E-state index contributed by atoms with van der Waals surface area (Å²) in [6.45, 7) is 3.94. The molecule has 0 bridgehead atoms. The average Bonchev–Trinajstić information content (AvgIpc) is 2.59. The highest BCUT2D eigenvalue weighted by Crippen LogP contribution is 2.33. The molecule has 1 aromatic rings. The Kier molecular flexibility index (Phi) is 4.87. The van der Waals surface area contributed by atoms with Crippen LogP contribution < -0.4 is 5.32 Å². The van der Waals surface area contributed by atoms with Gasteiger partial charge in [-0.25, -0.2) is 0 Å². The Labute approximate surface area is 119 Å². The Morgan fingerprint density at radius 3 is 2.28 bits per heavy atom. The van der Waals surface area contributed by atoms with Crippen LogP contribution in [-0.2, 0) is 0 Å². The van der Waals surface area contributed by atoms with E-state index in [1.807, 2.05) is 0 Å². The molecule has 0 aliphatic heterocycles. The molecule has 1 aliphatic carbocycles. The molecule has 2 rings (SSSR count). The van der Waals surface area contributed by atoms with Crippen LogP contribution in [-0.4, -0.2) is 5.54 Å². The van der Waals surface area contributed by atoms with Crippen molar-refractivity contribution in [3.63, 3.8) is 0 Å². The fraction of sp³-hybridized carbons (Fsp3) is 0.500. The smallest absolute Gasteiger partial charge is 0.0408 e. The third kappa shape index (κ3) is 3.61. The van der Waals surface area contributed by atoms with Crippen LogP contribution in [0.3, 0.4) is 0 Å². The van der Waals surface area contributed by atoms with E-state index in [0.29, 0.717) is 0 Å². The second kappa shape index (κ2) is 6.42. The predicted octanol–water partition coefficient (Wildman–Crippen LogP) is 5.53. The van der Waals surface area contributed by atoms with E-state index in [-0.39, 0.29) is 5.54 Å². The second-order valence-electron chi connectivity index (χ2n) is 5.32. The molecule has 0 amide bonds. The van der Waals surface area contributed by atoms with E-state index in [0.717, 1.165) is 10.9 Å². The molecule has 1 fully saturated rings. The van der Waals surface area contributed by atoms with Gasteiger partial charge in [-0.05, 0) is 43.5 Å². The lowest BCUT2D eigenvalue weighted by molar-refractivity contribution is 0.412. The van der Waals surface area contributed by atoms with Gasteiger partial charge in [0.05, 0.1) is 0 Å². The fourth-order valence-corrected chi connectivity index (χ4v) is 3.17. The number of anilines is 1. The first-order chi connectivity index (χ1) is 8.74. The molecule has 98 valence electrons. The van der Waals surface area contributed by atoms with Crippen LogP contribution in [0.5, 0.6) is 0 Å². The van der Waals surface area contributed by atoms with Crippen LogP contribution in [0.1, 0.15) is 44.9 Å². The lowest BCUT2D eigenvalue weighted by Gasteiger charge is -2.34. The average molecular weight is 308 g/mol. The van der Waals surface area contributed by atoms with Gasteiger partial charge in [0.1, 0.15) is 0 Å². The minimum absolute atomic E-state index is 0.228. The SMILES string of the molecule is C=CCC1(Nc2ccc(Br)cc2)CCCCCC1. The van der Waals surface area contributed by atoms with Gasteiger partial charge in [0.15, 0.2) is 0 Å². The zero-order valence-electron chi connectivity index (χ0n) is 10.9. The zero-order valence-corrected chi connectivity index (χ0v) is 12.5. The molecule has 18 heavy (non-hydrogen) atoms. The third-order valence-electron chi connectivity index (χ3n) is 3.85. The Bertz CT molecular complexity index is 375. The normalized spacial score (nSPS) is 18.9. The summed E-state index contributed by atoms with van der Waals surface area (Å²) >= 11 is 3.48. The summed E-state index contributed by atoms with van der Waals surface area (Å²) < 4.78 is 1.13. The van der Waals surface area contributed by atoms with E-state index >= 15 is 0 Å². The number of nitrogens with one attached hydrogen (secondary N) is 1. The lowest BCUT2D eigenvalue weighted by atomic mass is 9.86. The van der Waals surface area contributed by atoms with Crippen LogP contribution in [0.15, 0.2) is 41.4 Å². The molecule has 1 aliphatic rings. The largest absolute Gasteiger partial charge is 0.379 e. The summed E-state index contributed by atoms with van der Waals surface area (Å²) in [6.07, 6.45) is 11.1. The lowest BCUT2D eigenvalue weighted by Crippen LogP contribution is -2.37. The van der Waals surface area contributed by atoms with Crippen LogP contribution in [0, 0.1) is 0 Å². The molecule has 0 aromatic heterocycles. The Morgan fingerprint density at radius 2 is 1.72 bits per heavy atom. The Balaban J connectivity index is 2.13. The van der Waals surface area contributed by atoms with E-state index < -0.39 is 0 Å². The molecule has 0 saturated heterocycles. The standard InChI is InChI=1S/C16H22BrN/c1-2-11-16(12-5-3-4-6-13-16)18-15-9-7-14(17)8-10-15/h2,7-10,18H,1,3-6,11-13H2. The summed E-state index contributed by atoms with van der Waals surface area (Å²) in [4.78, 5) is 0. The molecule has 2 heteroatoms. The summed E-state index contributed by atoms with van der Waals surface area (Å²) in [5, 5.41) is 3.77. The second-order valence-corrected chi connectivity index (χ2v) is 6.23. The van der Waals surface area contributed by atoms with Gasteiger partial charge < -0.3 is 5.32 Å². The van der Waals surface area contributed by atoms with E-state index in [1.54, 1.807) is 0 Å². The van der Waals surface area contributed by atoms with Crippen molar-refractivity contribution in [3.05, 3.63) is 41.4 Å². The van der Waals surface area contributed by atoms with Crippen LogP contribution >= 0.6 is 15.9 Å². The van der Waals surface area contributed by atoms with Gasteiger partial charge in [-0.15, -0.1) is 6.58 Å². The van der Waals surface area contributed by atoms with Gasteiger partial charge in [0.2, 0.25) is 0 Å². The minimum atomic E-state index is 0.228. The maximum absolute atomic E-state index is 3.94. The number of benzene rings is 1. The Hall–Kier alpha value is -0.760. The first-order valence-corrected chi connectivity index (χ1v) is 7.68. The molecular weight excluding hydrogens is 286 g/mol. The summed E-state index contributed by atoms with van der Waals surface area (Å²) in [5.74, 6) is 0. The van der Waals surface area contributed by atoms with Crippen LogP contribution in [0.25, 0.3) is 0 Å². The topological polar surface area (TPSA) is 12.0 Å². The van der Waals surface area contributed by atoms with Crippen molar-refractivity contribution in [1.82, 2.24) is 0 Å². The molecule has 1 N–H and O–H groups in total. The number of rotatable bonds is 4. The predicted molar refractivity (Wildman–Crippen MR) is 83.0 cm³/mol. The highest BCUT2D eigenvalue weighted by atomic mass is 79.9. The molecule has 1 aromatic carbocycles. The first-order valence-electron chi connectivity index (χ1n) is 6.89. The van der Waals surface area contributed by atoms with Gasteiger partial charge in [0, 0.05) is 15.7 Å². The van der Waals surface area contributed by atoms with Gasteiger partial charge in [-0.2, -0.15) is 0 Å². The quantitative estimate of drug-likeness (QED) is 0.569. The molecule has 0 radical (unpaired) electrons. The molecule has 0 unspecified atom stereocenters. The van der Waals surface area contributed by atoms with Crippen molar-refractivity contribution in [2.45, 2.75) is 50.5 Å². The van der Waals surface area contributed by atoms with Crippen molar-refractivity contribution in [2.24, 2.45) is 0 Å². The van der Waals surface area contributed by atoms with Crippen molar-refractivity contribution < 1.29 is 0 Å². The number of halogens is 1. The number of hydrogen-bond donors (Lipinski definition) is 1. The molecule has 1 saturated carbocycles. The minimum Gasteiger partial charge on any atom is -0.379 e. The van der Waals surface area contributed by atoms with Crippen molar-refractivity contribution >= 4 is 21.6 Å². The van der Waals surface area contributed by atoms with E-state index in [4.69, 9.17) is 0 Å². The highest BCUT2D eigenvalue weighted by Gasteiger charge is 2.29. The van der Waals surface area contributed by atoms with Gasteiger partial charge >= 0.3 is 0 Å². The van der Waals surface area contributed by atoms with Crippen molar-refractivity contribution in [2.75, 3.05) is 5.32 Å². The maximum atomic E-state index is 3.94. The molecule has 0 spiro atoms. The van der Waals surface area contributed by atoms with E-state index in [2.05, 4.69) is 58.2 Å². The van der Waals surface area contributed by atoms with Crippen molar-refractivity contribution in [3.8, 4) is 0 Å². The van der Waals surface area contributed by atoms with Crippen LogP contribution in [0.2, 0.25) is 0 Å². The summed E-state index contributed by atoms with van der Waals surface area (Å²) in [5.41, 5.74) is 1.45. The maximum Gasteiger partial charge on any atom is 0.0408 e. The number of hydrogen-bond acceptors (Lipinski definition) is 1. The first kappa shape index (κ1) is 13.7. The van der Waals surface area contributed by atoms with Gasteiger partial charge in [-0.3, -0.25) is 0 Å². The monoisotopic (exact) mass is 307 g/mol. The molecular formula is C16H22BrN. The van der Waals surface area contributed by atoms with Gasteiger partial charge in [0.25, 0.3) is 0 Å². The van der Waals surface area contributed by atoms with Gasteiger partial charge in [-0.1, -0.05) is 47.7 Å². The van der Waals surface area contributed by atoms with E-state index in [1.165, 1.54) is 44.2 Å². The Morgan fingerprint density at radius 1 is 1.11 bits per heavy atom. The summed E-state index contributed by atoms with van der Waals surface area (Å²) in [6, 6.07) is 8.50. The highest BCUT2D eigenvalue weighted by molar-refractivity contribution is 9.10. The fourth-order valence-electron chi connectivity index (χ4n) is 2.90. The summed E-state index contributed by atoms with van der Waals surface area (Å²) in [7, 11) is 0.